The summed E-state index contributed by atoms with van der Waals surface area (Å²) < 4.78 is 17.4. The second kappa shape index (κ2) is 9.40. The van der Waals surface area contributed by atoms with Crippen LogP contribution in [-0.2, 0) is 4.79 Å². The third-order valence-electron chi connectivity index (χ3n) is 4.22. The molecular weight excluding hydrogens is 406 g/mol. The lowest BCUT2D eigenvalue weighted by molar-refractivity contribution is -0.113. The zero-order chi connectivity index (χ0) is 21.7. The highest BCUT2D eigenvalue weighted by molar-refractivity contribution is 7.99. The molecule has 0 atom stereocenters. The number of amides is 1. The maximum atomic E-state index is 12.2. The molecule has 3 aromatic rings. The Kier molecular flexibility index (Phi) is 6.68. The van der Waals surface area contributed by atoms with E-state index in [1.165, 1.54) is 37.8 Å². The first-order valence-electron chi connectivity index (χ1n) is 8.97. The molecule has 0 aliphatic rings. The number of methoxy groups -OCH3 is 3. The van der Waals surface area contributed by atoms with Gasteiger partial charge >= 0.3 is 0 Å². The fourth-order valence-electron chi connectivity index (χ4n) is 2.83. The largest absolute Gasteiger partial charge is 0.493 e. The molecule has 0 unspecified atom stereocenters. The number of nitrogen functional groups attached to an aromatic ring is 1. The van der Waals surface area contributed by atoms with Gasteiger partial charge in [0.15, 0.2) is 17.3 Å². The van der Waals surface area contributed by atoms with Crippen LogP contribution in [0, 0.1) is 6.92 Å². The molecule has 0 spiro atoms. The van der Waals surface area contributed by atoms with Gasteiger partial charge in [-0.15, -0.1) is 10.2 Å². The second-order valence-electron chi connectivity index (χ2n) is 6.30. The van der Waals surface area contributed by atoms with Crippen LogP contribution in [0.15, 0.2) is 41.6 Å². The van der Waals surface area contributed by atoms with Gasteiger partial charge < -0.3 is 25.4 Å². The van der Waals surface area contributed by atoms with Crippen LogP contribution in [-0.4, -0.2) is 47.9 Å². The Morgan fingerprint density at radius 3 is 2.40 bits per heavy atom. The first kappa shape index (κ1) is 21.3. The first-order chi connectivity index (χ1) is 14.5. The number of hydrogen-bond acceptors (Lipinski definition) is 8. The molecule has 2 aromatic carbocycles. The van der Waals surface area contributed by atoms with Crippen molar-refractivity contribution in [1.82, 2.24) is 14.9 Å². The summed E-state index contributed by atoms with van der Waals surface area (Å²) in [6, 6.07) is 11.0. The fourth-order valence-corrected chi connectivity index (χ4v) is 3.49. The van der Waals surface area contributed by atoms with Crippen molar-refractivity contribution in [3.8, 4) is 28.6 Å². The highest BCUT2D eigenvalue weighted by Gasteiger charge is 2.19. The molecule has 0 fully saturated rings. The van der Waals surface area contributed by atoms with E-state index in [1.807, 2.05) is 31.2 Å². The monoisotopic (exact) mass is 429 g/mol. The van der Waals surface area contributed by atoms with Crippen molar-refractivity contribution in [3.63, 3.8) is 0 Å². The lowest BCUT2D eigenvalue weighted by Gasteiger charge is -2.13. The van der Waals surface area contributed by atoms with E-state index in [1.54, 1.807) is 12.1 Å². The number of aromatic nitrogens is 3. The molecule has 10 heteroatoms. The Hall–Kier alpha value is -3.40. The molecule has 0 aliphatic carbocycles. The Morgan fingerprint density at radius 1 is 1.10 bits per heavy atom. The van der Waals surface area contributed by atoms with Crippen molar-refractivity contribution in [2.45, 2.75) is 12.1 Å². The molecule has 3 N–H and O–H groups in total. The van der Waals surface area contributed by atoms with Crippen LogP contribution in [0.4, 0.5) is 5.69 Å². The summed E-state index contributed by atoms with van der Waals surface area (Å²) in [4.78, 5) is 12.2. The summed E-state index contributed by atoms with van der Waals surface area (Å²) >= 11 is 1.19. The fraction of sp³-hybridized carbons (Fsp3) is 0.250. The smallest absolute Gasteiger partial charge is 0.234 e. The van der Waals surface area contributed by atoms with Crippen molar-refractivity contribution >= 4 is 23.4 Å². The van der Waals surface area contributed by atoms with Gasteiger partial charge in [0.05, 0.1) is 27.1 Å². The van der Waals surface area contributed by atoms with E-state index in [4.69, 9.17) is 20.1 Å². The number of nitrogens with zero attached hydrogens (tertiary/aromatic N) is 3. The van der Waals surface area contributed by atoms with Crippen LogP contribution in [0.2, 0.25) is 0 Å². The molecule has 0 aliphatic heterocycles. The number of carbonyl (C=O) groups excluding carboxylic acids is 1. The number of hydrogen-bond donors (Lipinski definition) is 2. The number of carbonyl (C=O) groups is 1. The maximum absolute atomic E-state index is 12.2. The molecule has 3 rings (SSSR count). The topological polar surface area (TPSA) is 114 Å². The first-order valence-corrected chi connectivity index (χ1v) is 9.95. The van der Waals surface area contributed by atoms with Gasteiger partial charge in [-0.05, 0) is 36.8 Å². The van der Waals surface area contributed by atoms with E-state index in [-0.39, 0.29) is 11.7 Å². The summed E-state index contributed by atoms with van der Waals surface area (Å²) in [6.07, 6.45) is 0. The maximum Gasteiger partial charge on any atom is 0.234 e. The molecule has 0 radical (unpaired) electrons. The van der Waals surface area contributed by atoms with Gasteiger partial charge in [0.1, 0.15) is 0 Å². The minimum Gasteiger partial charge on any atom is -0.493 e. The third kappa shape index (κ3) is 4.60. The molecule has 0 bridgehead atoms. The van der Waals surface area contributed by atoms with E-state index >= 15 is 0 Å². The van der Waals surface area contributed by atoms with Crippen molar-refractivity contribution in [2.24, 2.45) is 0 Å². The lowest BCUT2D eigenvalue weighted by Crippen LogP contribution is -2.16. The van der Waals surface area contributed by atoms with Gasteiger partial charge in [0.25, 0.3) is 0 Å². The highest BCUT2D eigenvalue weighted by Crippen LogP contribution is 2.40. The number of thioether (sulfide) groups is 1. The van der Waals surface area contributed by atoms with Crippen LogP contribution >= 0.6 is 11.8 Å². The minimum absolute atomic E-state index is 0.137. The summed E-state index contributed by atoms with van der Waals surface area (Å²) in [6.45, 7) is 1.96. The van der Waals surface area contributed by atoms with Gasteiger partial charge in [-0.2, -0.15) is 0 Å². The molecule has 30 heavy (non-hydrogen) atoms. The predicted molar refractivity (Wildman–Crippen MR) is 116 cm³/mol. The normalized spacial score (nSPS) is 10.5. The minimum atomic E-state index is -0.164. The quantitative estimate of drug-likeness (QED) is 0.415. The van der Waals surface area contributed by atoms with E-state index in [9.17, 15) is 4.79 Å². The van der Waals surface area contributed by atoms with Gasteiger partial charge in [-0.3, -0.25) is 4.79 Å². The average molecular weight is 430 g/mol. The van der Waals surface area contributed by atoms with Crippen molar-refractivity contribution in [1.29, 1.82) is 0 Å². The summed E-state index contributed by atoms with van der Waals surface area (Å²) in [7, 11) is 4.59. The van der Waals surface area contributed by atoms with Crippen LogP contribution in [0.5, 0.6) is 17.2 Å². The summed E-state index contributed by atoms with van der Waals surface area (Å²) in [5, 5.41) is 11.5. The van der Waals surface area contributed by atoms with E-state index < -0.39 is 0 Å². The molecule has 1 amide bonds. The highest BCUT2D eigenvalue weighted by atomic mass is 32.2. The molecule has 9 nitrogen and oxygen atoms in total. The standard InChI is InChI=1S/C20H23N5O4S/c1-12-6-5-7-14(8-12)22-17(26)11-30-20-24-23-19(25(20)21)13-9-15(27-2)18(29-4)16(10-13)28-3/h5-10H,11,21H2,1-4H3,(H,22,26). The van der Waals surface area contributed by atoms with Crippen molar-refractivity contribution in [2.75, 3.05) is 38.2 Å². The third-order valence-corrected chi connectivity index (χ3v) is 5.16. The Balaban J connectivity index is 1.75. The molecular formula is C20H23N5O4S. The van der Waals surface area contributed by atoms with Gasteiger partial charge in [-0.25, -0.2) is 4.68 Å². The van der Waals surface area contributed by atoms with E-state index in [0.717, 1.165) is 11.3 Å². The van der Waals surface area contributed by atoms with Crippen molar-refractivity contribution in [3.05, 3.63) is 42.0 Å². The number of ether oxygens (including phenoxy) is 3. The Morgan fingerprint density at radius 2 is 1.80 bits per heavy atom. The molecule has 1 aromatic heterocycles. The number of nitrogens with two attached hydrogens (primary N) is 1. The molecule has 1 heterocycles. The van der Waals surface area contributed by atoms with Crippen LogP contribution in [0.25, 0.3) is 11.4 Å². The van der Waals surface area contributed by atoms with Gasteiger partial charge in [-0.1, -0.05) is 23.9 Å². The number of nitrogens with one attached hydrogen (secondary N) is 1. The number of rotatable bonds is 8. The van der Waals surface area contributed by atoms with Crippen molar-refractivity contribution < 1.29 is 19.0 Å². The Bertz CT molecular complexity index is 1030. The average Bonchev–Trinajstić information content (AvgIpc) is 3.11. The number of anilines is 1. The zero-order valence-electron chi connectivity index (χ0n) is 17.1. The summed E-state index contributed by atoms with van der Waals surface area (Å²) in [5.41, 5.74) is 2.45. The second-order valence-corrected chi connectivity index (χ2v) is 7.24. The van der Waals surface area contributed by atoms with Crippen LogP contribution in [0.1, 0.15) is 5.56 Å². The molecule has 158 valence electrons. The predicted octanol–water partition coefficient (Wildman–Crippen LogP) is 2.72. The number of aryl methyl sites for hydroxylation is 1. The van der Waals surface area contributed by atoms with E-state index in [2.05, 4.69) is 15.5 Å². The SMILES string of the molecule is COc1cc(-c2nnc(SCC(=O)Nc3cccc(C)c3)n2N)cc(OC)c1OC. The van der Waals surface area contributed by atoms with Gasteiger partial charge in [0.2, 0.25) is 16.8 Å². The summed E-state index contributed by atoms with van der Waals surface area (Å²) in [5.74, 6) is 7.96. The lowest BCUT2D eigenvalue weighted by atomic mass is 10.1. The van der Waals surface area contributed by atoms with Crippen LogP contribution < -0.4 is 25.4 Å². The van der Waals surface area contributed by atoms with Gasteiger partial charge in [0, 0.05) is 11.3 Å². The Labute approximate surface area is 178 Å². The molecule has 0 saturated carbocycles. The van der Waals surface area contributed by atoms with E-state index in [0.29, 0.717) is 33.8 Å². The number of benzene rings is 2. The zero-order valence-corrected chi connectivity index (χ0v) is 17.9. The molecule has 0 saturated heterocycles. The van der Waals surface area contributed by atoms with Crippen LogP contribution in [0.3, 0.4) is 0 Å².